The number of ether oxygens (including phenoxy) is 2. The molecule has 5 nitrogen and oxygen atoms in total. The summed E-state index contributed by atoms with van der Waals surface area (Å²) in [5.41, 5.74) is 3.40. The van der Waals surface area contributed by atoms with Crippen LogP contribution < -0.4 is 10.5 Å². The second kappa shape index (κ2) is 6.66. The summed E-state index contributed by atoms with van der Waals surface area (Å²) in [4.78, 5) is 14.8. The van der Waals surface area contributed by atoms with Gasteiger partial charge in [-0.05, 0) is 18.6 Å². The van der Waals surface area contributed by atoms with E-state index in [0.717, 1.165) is 0 Å². The smallest absolute Gasteiger partial charge is 0.461 e. The van der Waals surface area contributed by atoms with Gasteiger partial charge in [-0.3, -0.25) is 0 Å². The molecule has 2 N–H and O–H groups in total. The first kappa shape index (κ1) is 17.1. The zero-order valence-corrected chi connectivity index (χ0v) is 10.7. The molecule has 21 heavy (non-hydrogen) atoms. The van der Waals surface area contributed by atoms with Crippen LogP contribution in [0.3, 0.4) is 0 Å². The maximum atomic E-state index is 12.8. The Balaban J connectivity index is 3.38. The topological polar surface area (TPSA) is 74.4 Å². The number of carbonyl (C=O) groups excluding carboxylic acids is 1. The zero-order chi connectivity index (χ0) is 16.2. The van der Waals surface area contributed by atoms with Crippen molar-refractivity contribution in [3.05, 3.63) is 22.9 Å². The predicted molar refractivity (Wildman–Crippen MR) is 59.7 cm³/mol. The number of halogens is 5. The van der Waals surface area contributed by atoms with Crippen LogP contribution >= 0.6 is 0 Å². The molecule has 0 unspecified atom stereocenters. The Labute approximate surface area is 115 Å². The van der Waals surface area contributed by atoms with Gasteiger partial charge in [0.15, 0.2) is 5.69 Å². The first-order valence-electron chi connectivity index (χ1n) is 5.64. The van der Waals surface area contributed by atoms with E-state index in [9.17, 15) is 26.7 Å². The summed E-state index contributed by atoms with van der Waals surface area (Å²) in [7, 11) is 0. The first-order valence-corrected chi connectivity index (χ1v) is 5.64. The zero-order valence-electron chi connectivity index (χ0n) is 10.7. The van der Waals surface area contributed by atoms with Gasteiger partial charge in [0.1, 0.15) is 0 Å². The van der Waals surface area contributed by atoms with Crippen LogP contribution in [0, 0.1) is 0 Å². The second-order valence-electron chi connectivity index (χ2n) is 3.66. The van der Waals surface area contributed by atoms with Gasteiger partial charge in [-0.2, -0.15) is 0 Å². The Kier molecular flexibility index (Phi) is 5.41. The summed E-state index contributed by atoms with van der Waals surface area (Å²) in [5.74, 6) is -2.48. The Morgan fingerprint density at radius 2 is 2.05 bits per heavy atom. The van der Waals surface area contributed by atoms with Crippen LogP contribution in [0.5, 0.6) is 5.88 Å². The molecule has 0 aromatic carbocycles. The SMILES string of the molecule is CCOC(=O)c1nc(OC(F)(F)F)c(C(F)F)cc1CN. The molecule has 0 spiro atoms. The molecule has 118 valence electrons. The third-order valence-corrected chi connectivity index (χ3v) is 2.23. The van der Waals surface area contributed by atoms with Crippen molar-refractivity contribution in [3.63, 3.8) is 0 Å². The minimum atomic E-state index is -5.23. The standard InChI is InChI=1S/C11H11F5N2O3/c1-2-20-10(19)7-5(4-17)3-6(8(12)13)9(18-7)21-11(14,15)16/h3,8H,2,4,17H2,1H3. The molecule has 0 bridgehead atoms. The van der Waals surface area contributed by atoms with Crippen LogP contribution in [0.2, 0.25) is 0 Å². The summed E-state index contributed by atoms with van der Waals surface area (Å²) in [6.07, 6.45) is -8.51. The first-order chi connectivity index (χ1) is 9.69. The lowest BCUT2D eigenvalue weighted by Crippen LogP contribution is -2.21. The largest absolute Gasteiger partial charge is 0.574 e. The molecular formula is C11H11F5N2O3. The summed E-state index contributed by atoms with van der Waals surface area (Å²) >= 11 is 0. The number of nitrogens with zero attached hydrogens (tertiary/aromatic N) is 1. The van der Waals surface area contributed by atoms with Crippen LogP contribution in [0.15, 0.2) is 6.07 Å². The highest BCUT2D eigenvalue weighted by Gasteiger charge is 2.35. The lowest BCUT2D eigenvalue weighted by atomic mass is 10.1. The summed E-state index contributed by atoms with van der Waals surface area (Å²) in [6.45, 7) is 1.00. The van der Waals surface area contributed by atoms with Gasteiger partial charge in [0.2, 0.25) is 5.88 Å². The van der Waals surface area contributed by atoms with Crippen molar-refractivity contribution in [2.24, 2.45) is 5.73 Å². The van der Waals surface area contributed by atoms with Gasteiger partial charge in [-0.25, -0.2) is 18.6 Å². The third-order valence-electron chi connectivity index (χ3n) is 2.23. The van der Waals surface area contributed by atoms with E-state index in [1.54, 1.807) is 0 Å². The lowest BCUT2D eigenvalue weighted by Gasteiger charge is -2.15. The number of nitrogens with two attached hydrogens (primary N) is 1. The van der Waals surface area contributed by atoms with E-state index in [1.165, 1.54) is 6.92 Å². The molecule has 0 saturated heterocycles. The maximum absolute atomic E-state index is 12.8. The van der Waals surface area contributed by atoms with Crippen molar-refractivity contribution in [1.29, 1.82) is 0 Å². The van der Waals surface area contributed by atoms with Crippen molar-refractivity contribution in [3.8, 4) is 5.88 Å². The highest BCUT2D eigenvalue weighted by molar-refractivity contribution is 5.89. The average Bonchev–Trinajstić information content (AvgIpc) is 2.36. The van der Waals surface area contributed by atoms with E-state index in [0.29, 0.717) is 6.07 Å². The van der Waals surface area contributed by atoms with E-state index in [1.807, 2.05) is 0 Å². The number of aromatic nitrogens is 1. The molecule has 0 radical (unpaired) electrons. The number of carbonyl (C=O) groups is 1. The van der Waals surface area contributed by atoms with Crippen LogP contribution in [0.4, 0.5) is 22.0 Å². The van der Waals surface area contributed by atoms with Gasteiger partial charge in [-0.15, -0.1) is 13.2 Å². The van der Waals surface area contributed by atoms with Gasteiger partial charge in [0.05, 0.1) is 12.2 Å². The Bertz CT molecular complexity index is 519. The molecule has 0 amide bonds. The van der Waals surface area contributed by atoms with Gasteiger partial charge >= 0.3 is 12.3 Å². The minimum Gasteiger partial charge on any atom is -0.461 e. The normalized spacial score (nSPS) is 11.6. The molecule has 1 heterocycles. The Morgan fingerprint density at radius 3 is 2.48 bits per heavy atom. The fourth-order valence-electron chi connectivity index (χ4n) is 1.44. The molecule has 1 aromatic heterocycles. The second-order valence-corrected chi connectivity index (χ2v) is 3.66. The van der Waals surface area contributed by atoms with Crippen molar-refractivity contribution in [1.82, 2.24) is 4.98 Å². The number of alkyl halides is 5. The van der Waals surface area contributed by atoms with Gasteiger partial charge in [-0.1, -0.05) is 0 Å². The van der Waals surface area contributed by atoms with Gasteiger partial charge < -0.3 is 15.2 Å². The number of hydrogen-bond donors (Lipinski definition) is 1. The van der Waals surface area contributed by atoms with Gasteiger partial charge in [0, 0.05) is 6.54 Å². The number of pyridine rings is 1. The molecule has 1 rings (SSSR count). The number of rotatable bonds is 5. The highest BCUT2D eigenvalue weighted by Crippen LogP contribution is 2.33. The number of hydrogen-bond acceptors (Lipinski definition) is 5. The van der Waals surface area contributed by atoms with Crippen molar-refractivity contribution in [2.75, 3.05) is 6.61 Å². The van der Waals surface area contributed by atoms with Crippen LogP contribution in [0.25, 0.3) is 0 Å². The molecule has 0 aliphatic heterocycles. The van der Waals surface area contributed by atoms with Gasteiger partial charge in [0.25, 0.3) is 6.43 Å². The van der Waals surface area contributed by atoms with Crippen LogP contribution in [-0.4, -0.2) is 23.9 Å². The van der Waals surface area contributed by atoms with Crippen LogP contribution in [-0.2, 0) is 11.3 Å². The fraction of sp³-hybridized carbons (Fsp3) is 0.455. The molecule has 0 aliphatic carbocycles. The average molecular weight is 314 g/mol. The van der Waals surface area contributed by atoms with E-state index in [2.05, 4.69) is 14.5 Å². The van der Waals surface area contributed by atoms with E-state index in [-0.39, 0.29) is 18.7 Å². The fourth-order valence-corrected chi connectivity index (χ4v) is 1.44. The molecule has 10 heteroatoms. The summed E-state index contributed by atoms with van der Waals surface area (Å²) < 4.78 is 70.1. The lowest BCUT2D eigenvalue weighted by molar-refractivity contribution is -0.276. The molecule has 0 fully saturated rings. The van der Waals surface area contributed by atoms with E-state index < -0.39 is 35.9 Å². The monoisotopic (exact) mass is 314 g/mol. The van der Waals surface area contributed by atoms with Crippen LogP contribution in [0.1, 0.15) is 35.0 Å². The number of esters is 1. The molecular weight excluding hydrogens is 303 g/mol. The molecule has 1 aromatic rings. The highest BCUT2D eigenvalue weighted by atomic mass is 19.4. The molecule has 0 aliphatic rings. The summed E-state index contributed by atoms with van der Waals surface area (Å²) in [6, 6.07) is 0.644. The third kappa shape index (κ3) is 4.52. The van der Waals surface area contributed by atoms with Crippen molar-refractivity contribution in [2.45, 2.75) is 26.3 Å². The van der Waals surface area contributed by atoms with Crippen molar-refractivity contribution >= 4 is 5.97 Å². The minimum absolute atomic E-state index is 0.0728. The molecule has 0 atom stereocenters. The Morgan fingerprint density at radius 1 is 1.43 bits per heavy atom. The summed E-state index contributed by atoms with van der Waals surface area (Å²) in [5, 5.41) is 0. The predicted octanol–water partition coefficient (Wildman–Crippen LogP) is 2.55. The quantitative estimate of drug-likeness (QED) is 0.668. The van der Waals surface area contributed by atoms with E-state index in [4.69, 9.17) is 5.73 Å². The van der Waals surface area contributed by atoms with Crippen molar-refractivity contribution < 1.29 is 36.2 Å². The van der Waals surface area contributed by atoms with E-state index >= 15 is 0 Å². The molecule has 0 saturated carbocycles. The Hall–Kier alpha value is -1.97. The maximum Gasteiger partial charge on any atom is 0.574 e.